The minimum Gasteiger partial charge on any atom is -0.388 e. The third kappa shape index (κ3) is 4.41. The summed E-state index contributed by atoms with van der Waals surface area (Å²) in [5.41, 5.74) is 7.02. The van der Waals surface area contributed by atoms with Gasteiger partial charge in [-0.1, -0.05) is 18.3 Å². The Morgan fingerprint density at radius 2 is 1.96 bits per heavy atom. The van der Waals surface area contributed by atoms with E-state index in [4.69, 9.17) is 18.0 Å². The number of anilines is 1. The molecule has 0 saturated carbocycles. The van der Waals surface area contributed by atoms with Crippen molar-refractivity contribution in [2.24, 2.45) is 10.8 Å². The van der Waals surface area contributed by atoms with Crippen molar-refractivity contribution >= 4 is 34.5 Å². The molecule has 1 amide bonds. The van der Waals surface area contributed by atoms with Crippen LogP contribution in [0.3, 0.4) is 0 Å². The maximum Gasteiger partial charge on any atom is 0.416 e. The van der Waals surface area contributed by atoms with Crippen LogP contribution in [0.2, 0.25) is 0 Å². The number of hydrazone groups is 1. The Hall–Kier alpha value is -2.16. The van der Waals surface area contributed by atoms with E-state index in [1.165, 1.54) is 12.1 Å². The van der Waals surface area contributed by atoms with Gasteiger partial charge in [-0.15, -0.1) is 0 Å². The highest BCUT2D eigenvalue weighted by Gasteiger charge is 2.30. The summed E-state index contributed by atoms with van der Waals surface area (Å²) in [5, 5.41) is 3.80. The molecule has 1 heterocycles. The van der Waals surface area contributed by atoms with Gasteiger partial charge in [-0.2, -0.15) is 18.3 Å². The summed E-state index contributed by atoms with van der Waals surface area (Å²) in [6, 6.07) is 4.47. The zero-order valence-corrected chi connectivity index (χ0v) is 12.9. The summed E-state index contributed by atoms with van der Waals surface area (Å²) in [4.78, 5) is 13.6. The summed E-state index contributed by atoms with van der Waals surface area (Å²) < 4.78 is 38.0. The summed E-state index contributed by atoms with van der Waals surface area (Å²) in [7, 11) is 0. The first-order valence-corrected chi connectivity index (χ1v) is 7.30. The van der Waals surface area contributed by atoms with Crippen LogP contribution in [-0.4, -0.2) is 34.6 Å². The minimum atomic E-state index is -4.46. The topological polar surface area (TPSA) is 70.7 Å². The number of carbonyl (C=O) groups is 1. The molecule has 1 aromatic rings. The summed E-state index contributed by atoms with van der Waals surface area (Å²) in [6.45, 7) is 1.17. The molecule has 0 spiro atoms. The van der Waals surface area contributed by atoms with Gasteiger partial charge in [0.05, 0.1) is 11.3 Å². The minimum absolute atomic E-state index is 0.0859. The summed E-state index contributed by atoms with van der Waals surface area (Å²) in [5.74, 6) is -0.422. The van der Waals surface area contributed by atoms with Crippen LogP contribution in [0.5, 0.6) is 0 Å². The lowest BCUT2D eigenvalue weighted by Crippen LogP contribution is -2.40. The SMILES string of the molecule is NC(=S)C(=NNc1cccc(C(F)(F)F)c1)C(=O)N1CCCC1. The van der Waals surface area contributed by atoms with E-state index in [0.717, 1.165) is 25.0 Å². The molecule has 0 aromatic heterocycles. The molecule has 0 bridgehead atoms. The van der Waals surface area contributed by atoms with E-state index in [0.29, 0.717) is 13.1 Å². The van der Waals surface area contributed by atoms with E-state index in [1.807, 2.05) is 0 Å². The average Bonchev–Trinajstić information content (AvgIpc) is 3.00. The molecule has 1 fully saturated rings. The first kappa shape index (κ1) is 17.2. The normalized spacial score (nSPS) is 15.6. The standard InChI is InChI=1S/C14H15F3N4OS/c15-14(16,17)9-4-3-5-10(8-9)19-20-11(12(18)23)13(22)21-6-1-2-7-21/h3-5,8,19H,1-2,6-7H2,(H2,18,23). The third-order valence-electron chi connectivity index (χ3n) is 3.32. The van der Waals surface area contributed by atoms with Crippen LogP contribution < -0.4 is 11.2 Å². The number of nitrogens with zero attached hydrogens (tertiary/aromatic N) is 2. The van der Waals surface area contributed by atoms with E-state index in [-0.39, 0.29) is 16.4 Å². The molecule has 0 radical (unpaired) electrons. The number of thiocarbonyl (C=S) groups is 1. The monoisotopic (exact) mass is 344 g/mol. The number of nitrogens with two attached hydrogens (primary N) is 1. The first-order valence-electron chi connectivity index (χ1n) is 6.89. The molecule has 5 nitrogen and oxygen atoms in total. The quantitative estimate of drug-likeness (QED) is 0.500. The van der Waals surface area contributed by atoms with Crippen molar-refractivity contribution in [2.75, 3.05) is 18.5 Å². The number of halogens is 3. The van der Waals surface area contributed by atoms with Crippen LogP contribution in [0.4, 0.5) is 18.9 Å². The summed E-state index contributed by atoms with van der Waals surface area (Å²) >= 11 is 4.81. The molecule has 1 aromatic carbocycles. The average molecular weight is 344 g/mol. The summed E-state index contributed by atoms with van der Waals surface area (Å²) in [6.07, 6.45) is -2.69. The number of nitrogens with one attached hydrogen (secondary N) is 1. The van der Waals surface area contributed by atoms with E-state index in [2.05, 4.69) is 10.5 Å². The maximum absolute atomic E-state index is 12.7. The van der Waals surface area contributed by atoms with Gasteiger partial charge in [0.1, 0.15) is 4.99 Å². The van der Waals surface area contributed by atoms with Crippen molar-refractivity contribution in [3.8, 4) is 0 Å². The van der Waals surface area contributed by atoms with Crippen molar-refractivity contribution in [3.05, 3.63) is 29.8 Å². The Bertz CT molecular complexity index is 639. The lowest BCUT2D eigenvalue weighted by molar-refractivity contribution is -0.137. The second-order valence-corrected chi connectivity index (χ2v) is 5.45. The van der Waals surface area contributed by atoms with Gasteiger partial charge in [-0.05, 0) is 31.0 Å². The highest BCUT2D eigenvalue weighted by molar-refractivity contribution is 7.82. The molecule has 2 rings (SSSR count). The van der Waals surface area contributed by atoms with Crippen LogP contribution in [0.25, 0.3) is 0 Å². The first-order chi connectivity index (χ1) is 10.8. The number of rotatable bonds is 4. The van der Waals surface area contributed by atoms with Gasteiger partial charge in [0, 0.05) is 13.1 Å². The fourth-order valence-electron chi connectivity index (χ4n) is 2.16. The maximum atomic E-state index is 12.7. The Balaban J connectivity index is 2.18. The highest BCUT2D eigenvalue weighted by atomic mass is 32.1. The van der Waals surface area contributed by atoms with Gasteiger partial charge in [-0.3, -0.25) is 10.2 Å². The van der Waals surface area contributed by atoms with Crippen molar-refractivity contribution in [3.63, 3.8) is 0 Å². The predicted molar refractivity (Wildman–Crippen MR) is 85.1 cm³/mol. The van der Waals surface area contributed by atoms with Crippen LogP contribution >= 0.6 is 12.2 Å². The molecule has 0 aliphatic carbocycles. The molecule has 1 aliphatic heterocycles. The third-order valence-corrected chi connectivity index (χ3v) is 3.51. The second kappa shape index (κ2) is 6.95. The number of carbonyl (C=O) groups excluding carboxylic acids is 1. The van der Waals surface area contributed by atoms with Crippen LogP contribution in [-0.2, 0) is 11.0 Å². The van der Waals surface area contributed by atoms with Crippen molar-refractivity contribution in [2.45, 2.75) is 19.0 Å². The van der Waals surface area contributed by atoms with E-state index in [1.54, 1.807) is 4.90 Å². The second-order valence-electron chi connectivity index (χ2n) is 5.01. The number of amides is 1. The molecule has 3 N–H and O–H groups in total. The molecular formula is C14H15F3N4OS. The van der Waals surface area contributed by atoms with Crippen molar-refractivity contribution in [1.29, 1.82) is 0 Å². The highest BCUT2D eigenvalue weighted by Crippen LogP contribution is 2.30. The van der Waals surface area contributed by atoms with Crippen molar-refractivity contribution in [1.82, 2.24) is 4.90 Å². The largest absolute Gasteiger partial charge is 0.416 e. The number of alkyl halides is 3. The zero-order valence-electron chi connectivity index (χ0n) is 12.1. The van der Waals surface area contributed by atoms with Gasteiger partial charge in [-0.25, -0.2) is 0 Å². The Kier molecular flexibility index (Phi) is 5.19. The molecule has 0 unspecified atom stereocenters. The molecule has 124 valence electrons. The molecule has 23 heavy (non-hydrogen) atoms. The van der Waals surface area contributed by atoms with Gasteiger partial charge < -0.3 is 10.6 Å². The Labute approximate surface area is 136 Å². The van der Waals surface area contributed by atoms with E-state index in [9.17, 15) is 18.0 Å². The number of hydrogen-bond donors (Lipinski definition) is 2. The fourth-order valence-corrected chi connectivity index (χ4v) is 2.30. The van der Waals surface area contributed by atoms with Crippen LogP contribution in [0, 0.1) is 0 Å². The lowest BCUT2D eigenvalue weighted by Gasteiger charge is -2.16. The van der Waals surface area contributed by atoms with Gasteiger partial charge in [0.15, 0.2) is 5.71 Å². The number of benzene rings is 1. The Morgan fingerprint density at radius 1 is 1.30 bits per heavy atom. The van der Waals surface area contributed by atoms with Crippen LogP contribution in [0.1, 0.15) is 18.4 Å². The Morgan fingerprint density at radius 3 is 2.52 bits per heavy atom. The van der Waals surface area contributed by atoms with Crippen LogP contribution in [0.15, 0.2) is 29.4 Å². The van der Waals surface area contributed by atoms with Gasteiger partial charge in [0.25, 0.3) is 5.91 Å². The van der Waals surface area contributed by atoms with Gasteiger partial charge in [0.2, 0.25) is 0 Å². The fraction of sp³-hybridized carbons (Fsp3) is 0.357. The molecule has 1 aliphatic rings. The number of likely N-dealkylation sites (tertiary alicyclic amines) is 1. The van der Waals surface area contributed by atoms with E-state index >= 15 is 0 Å². The molecular weight excluding hydrogens is 329 g/mol. The van der Waals surface area contributed by atoms with Crippen molar-refractivity contribution < 1.29 is 18.0 Å². The smallest absolute Gasteiger partial charge is 0.388 e. The lowest BCUT2D eigenvalue weighted by atomic mass is 10.2. The number of hydrogen-bond acceptors (Lipinski definition) is 4. The predicted octanol–water partition coefficient (Wildman–Crippen LogP) is 2.38. The molecule has 1 saturated heterocycles. The van der Waals surface area contributed by atoms with E-state index < -0.39 is 17.6 Å². The molecule has 0 atom stereocenters. The molecule has 9 heteroatoms. The zero-order chi connectivity index (χ0) is 17.0. The van der Waals surface area contributed by atoms with Gasteiger partial charge >= 0.3 is 6.18 Å².